The molecule has 0 saturated carbocycles. The molecular weight excluding hydrogens is 889 g/mol. The van der Waals surface area contributed by atoms with Crippen LogP contribution in [0.25, 0.3) is 0 Å². The van der Waals surface area contributed by atoms with E-state index in [0.717, 1.165) is 167 Å². The Bertz CT molecular complexity index is 1610. The molecule has 0 N–H and O–H groups in total. The zero-order valence-electron chi connectivity index (χ0n) is 46.1. The number of carbonyl (C=O) groups is 3. The summed E-state index contributed by atoms with van der Waals surface area (Å²) in [7, 11) is 0. The molecule has 0 aromatic rings. The molecule has 0 aliphatic heterocycles. The van der Waals surface area contributed by atoms with Crippen LogP contribution < -0.4 is 0 Å². The van der Waals surface area contributed by atoms with Crippen LogP contribution in [0.1, 0.15) is 233 Å². The van der Waals surface area contributed by atoms with Crippen molar-refractivity contribution in [3.05, 3.63) is 146 Å². The number of carbonyl (C=O) groups excluding carboxylic acids is 3. The third-order valence-corrected chi connectivity index (χ3v) is 11.6. The maximum absolute atomic E-state index is 12.7. The summed E-state index contributed by atoms with van der Waals surface area (Å²) in [5.74, 6) is -0.956. The number of allylic oxidation sites excluding steroid dienone is 24. The first kappa shape index (κ1) is 67.3. The van der Waals surface area contributed by atoms with Crippen LogP contribution in [-0.4, -0.2) is 37.2 Å². The lowest BCUT2D eigenvalue weighted by atomic mass is 10.1. The quantitative estimate of drug-likeness (QED) is 0.0261. The molecule has 0 amide bonds. The predicted molar refractivity (Wildman–Crippen MR) is 311 cm³/mol. The molecular formula is C66H104O6. The highest BCUT2D eigenvalue weighted by molar-refractivity contribution is 5.71. The van der Waals surface area contributed by atoms with E-state index in [1.807, 2.05) is 0 Å². The number of unbranched alkanes of at least 4 members (excludes halogenated alkanes) is 15. The molecule has 6 nitrogen and oxygen atoms in total. The van der Waals surface area contributed by atoms with Crippen LogP contribution in [0.15, 0.2) is 146 Å². The van der Waals surface area contributed by atoms with Crippen molar-refractivity contribution in [1.29, 1.82) is 0 Å². The van der Waals surface area contributed by atoms with Crippen LogP contribution in [-0.2, 0) is 28.6 Å². The molecule has 404 valence electrons. The molecule has 0 rings (SSSR count). The molecule has 0 saturated heterocycles. The van der Waals surface area contributed by atoms with Gasteiger partial charge in [0.05, 0.1) is 0 Å². The molecule has 0 aromatic carbocycles. The van der Waals surface area contributed by atoms with E-state index in [1.54, 1.807) is 0 Å². The van der Waals surface area contributed by atoms with Crippen molar-refractivity contribution >= 4 is 17.9 Å². The van der Waals surface area contributed by atoms with E-state index in [2.05, 4.69) is 167 Å². The topological polar surface area (TPSA) is 78.9 Å². The molecule has 1 atom stereocenters. The summed E-state index contributed by atoms with van der Waals surface area (Å²) in [6.45, 7) is 6.34. The summed E-state index contributed by atoms with van der Waals surface area (Å²) in [5, 5.41) is 0. The van der Waals surface area contributed by atoms with E-state index in [4.69, 9.17) is 14.2 Å². The van der Waals surface area contributed by atoms with Gasteiger partial charge in [-0.1, -0.05) is 237 Å². The molecule has 0 radical (unpaired) electrons. The fourth-order valence-electron chi connectivity index (χ4n) is 7.27. The van der Waals surface area contributed by atoms with Crippen LogP contribution in [0.3, 0.4) is 0 Å². The molecule has 0 aliphatic rings. The van der Waals surface area contributed by atoms with Crippen molar-refractivity contribution in [3.8, 4) is 0 Å². The number of hydrogen-bond donors (Lipinski definition) is 0. The Hall–Kier alpha value is -4.71. The van der Waals surface area contributed by atoms with Gasteiger partial charge in [0, 0.05) is 19.3 Å². The van der Waals surface area contributed by atoms with Crippen molar-refractivity contribution in [2.75, 3.05) is 13.2 Å². The standard InChI is InChI=1S/C66H104O6/c1-4-7-10-13-16-18-20-22-23-24-25-26-27-28-29-30-31-32-33-34-35-36-37-38-39-40-41-42-43-45-46-48-50-53-56-59-65(68)71-62-63(61-70-64(67)58-55-52-15-12-9-6-3)72-66(69)60-57-54-51-49-47-44-21-19-17-14-11-8-5-2/h7,10-11,14,16,18-19,21-23,25-26,28-29,31-32,34-35,37-38,40-41,43,45,63H,4-6,8-9,12-13,15,17,20,24,27,30,33,36,39,42,44,46-62H2,1-3H3/b10-7-,14-11-,18-16-,21-19-,23-22-,26-25-,29-28-,32-31-,35-34-,38-37-,41-40-,45-43-. The van der Waals surface area contributed by atoms with Gasteiger partial charge >= 0.3 is 17.9 Å². The summed E-state index contributed by atoms with van der Waals surface area (Å²) < 4.78 is 16.7. The molecule has 0 aromatic heterocycles. The minimum absolute atomic E-state index is 0.0961. The van der Waals surface area contributed by atoms with Gasteiger partial charge in [-0.15, -0.1) is 0 Å². The molecule has 0 fully saturated rings. The van der Waals surface area contributed by atoms with Crippen LogP contribution in [0.2, 0.25) is 0 Å². The zero-order valence-corrected chi connectivity index (χ0v) is 46.1. The largest absolute Gasteiger partial charge is 0.462 e. The van der Waals surface area contributed by atoms with Crippen LogP contribution in [0.5, 0.6) is 0 Å². The third kappa shape index (κ3) is 56.2. The minimum atomic E-state index is -0.797. The van der Waals surface area contributed by atoms with Crippen LogP contribution in [0, 0.1) is 0 Å². The average Bonchev–Trinajstić information content (AvgIpc) is 3.38. The fraction of sp³-hybridized carbons (Fsp3) is 0.591. The molecule has 0 heterocycles. The Labute approximate surface area is 442 Å². The smallest absolute Gasteiger partial charge is 0.306 e. The number of ether oxygens (including phenoxy) is 3. The van der Waals surface area contributed by atoms with E-state index in [1.165, 1.54) is 25.7 Å². The summed E-state index contributed by atoms with van der Waals surface area (Å²) in [4.78, 5) is 37.8. The zero-order chi connectivity index (χ0) is 52.2. The van der Waals surface area contributed by atoms with Gasteiger partial charge < -0.3 is 14.2 Å². The van der Waals surface area contributed by atoms with Gasteiger partial charge in [0.25, 0.3) is 0 Å². The van der Waals surface area contributed by atoms with Gasteiger partial charge in [-0.2, -0.15) is 0 Å². The van der Waals surface area contributed by atoms with Gasteiger partial charge in [0.15, 0.2) is 6.10 Å². The Balaban J connectivity index is 4.17. The maximum Gasteiger partial charge on any atom is 0.306 e. The first-order valence-electron chi connectivity index (χ1n) is 28.8. The van der Waals surface area contributed by atoms with E-state index in [9.17, 15) is 14.4 Å². The molecule has 0 bridgehead atoms. The third-order valence-electron chi connectivity index (χ3n) is 11.6. The highest BCUT2D eigenvalue weighted by atomic mass is 16.6. The van der Waals surface area contributed by atoms with Gasteiger partial charge in [-0.25, -0.2) is 0 Å². The number of hydrogen-bond acceptors (Lipinski definition) is 6. The lowest BCUT2D eigenvalue weighted by Crippen LogP contribution is -2.30. The van der Waals surface area contributed by atoms with E-state index in [0.29, 0.717) is 19.3 Å². The van der Waals surface area contributed by atoms with Gasteiger partial charge in [0.2, 0.25) is 0 Å². The molecule has 6 heteroatoms. The monoisotopic (exact) mass is 993 g/mol. The van der Waals surface area contributed by atoms with E-state index >= 15 is 0 Å². The highest BCUT2D eigenvalue weighted by Crippen LogP contribution is 2.13. The summed E-state index contributed by atoms with van der Waals surface area (Å²) in [6, 6.07) is 0. The Morgan fingerprint density at radius 1 is 0.292 bits per heavy atom. The lowest BCUT2D eigenvalue weighted by molar-refractivity contribution is -0.167. The summed E-state index contributed by atoms with van der Waals surface area (Å²) in [5.41, 5.74) is 0. The van der Waals surface area contributed by atoms with Crippen molar-refractivity contribution < 1.29 is 28.6 Å². The fourth-order valence-corrected chi connectivity index (χ4v) is 7.27. The molecule has 0 aliphatic carbocycles. The maximum atomic E-state index is 12.7. The second-order valence-electron chi connectivity index (χ2n) is 18.5. The van der Waals surface area contributed by atoms with Gasteiger partial charge in [-0.05, 0) is 122 Å². The highest BCUT2D eigenvalue weighted by Gasteiger charge is 2.19. The van der Waals surface area contributed by atoms with Gasteiger partial charge in [0.1, 0.15) is 13.2 Å². The normalized spacial score (nSPS) is 13.2. The summed E-state index contributed by atoms with van der Waals surface area (Å²) >= 11 is 0. The Kier molecular flexibility index (Phi) is 55.0. The molecule has 1 unspecified atom stereocenters. The van der Waals surface area contributed by atoms with Crippen molar-refractivity contribution in [1.82, 2.24) is 0 Å². The van der Waals surface area contributed by atoms with E-state index < -0.39 is 6.10 Å². The summed E-state index contributed by atoms with van der Waals surface area (Å²) in [6.07, 6.45) is 84.5. The predicted octanol–water partition coefficient (Wildman–Crippen LogP) is 19.6. The first-order chi connectivity index (χ1) is 35.5. The lowest BCUT2D eigenvalue weighted by Gasteiger charge is -2.18. The van der Waals surface area contributed by atoms with Crippen molar-refractivity contribution in [2.24, 2.45) is 0 Å². The minimum Gasteiger partial charge on any atom is -0.462 e. The molecule has 72 heavy (non-hydrogen) atoms. The number of rotatable bonds is 50. The van der Waals surface area contributed by atoms with Crippen LogP contribution >= 0.6 is 0 Å². The number of esters is 3. The van der Waals surface area contributed by atoms with Gasteiger partial charge in [-0.3, -0.25) is 14.4 Å². The second-order valence-corrected chi connectivity index (χ2v) is 18.5. The van der Waals surface area contributed by atoms with Crippen LogP contribution in [0.4, 0.5) is 0 Å². The Morgan fingerprint density at radius 3 is 0.903 bits per heavy atom. The second kappa shape index (κ2) is 58.9. The average molecular weight is 994 g/mol. The van der Waals surface area contributed by atoms with Crippen molar-refractivity contribution in [2.45, 2.75) is 239 Å². The van der Waals surface area contributed by atoms with E-state index in [-0.39, 0.29) is 31.1 Å². The SMILES string of the molecule is CC/C=C\C/C=C\C/C=C\C/C=C\C/C=C\C/C=C\C/C=C\C/C=C\C/C=C\C/C=C\CCCCCCC(=O)OCC(COC(=O)CCCCCCCC)OC(=O)CCCCCCC/C=C\C/C=C\CCC. The first-order valence-corrected chi connectivity index (χ1v) is 28.8. The molecule has 0 spiro atoms. The van der Waals surface area contributed by atoms with Crippen molar-refractivity contribution in [3.63, 3.8) is 0 Å². The Morgan fingerprint density at radius 2 is 0.569 bits per heavy atom.